The summed E-state index contributed by atoms with van der Waals surface area (Å²) < 4.78 is 10.6. The summed E-state index contributed by atoms with van der Waals surface area (Å²) in [7, 11) is 1.49. The van der Waals surface area contributed by atoms with Gasteiger partial charge in [-0.3, -0.25) is 9.59 Å². The minimum Gasteiger partial charge on any atom is -0.493 e. The molecule has 1 aromatic carbocycles. The second-order valence-electron chi connectivity index (χ2n) is 5.37. The molecule has 0 spiro atoms. The molecule has 1 saturated carbocycles. The lowest BCUT2D eigenvalue weighted by molar-refractivity contribution is -0.140. The van der Waals surface area contributed by atoms with Gasteiger partial charge in [0.25, 0.3) is 0 Å². The van der Waals surface area contributed by atoms with E-state index in [1.54, 1.807) is 18.2 Å². The van der Waals surface area contributed by atoms with E-state index in [1.807, 2.05) is 0 Å². The number of carbonyl (C=O) groups excluding carboxylic acids is 2. The number of methoxy groups -OCH3 is 1. The Balaban J connectivity index is 2.13. The van der Waals surface area contributed by atoms with Crippen LogP contribution in [-0.4, -0.2) is 19.4 Å². The van der Waals surface area contributed by atoms with Crippen molar-refractivity contribution in [2.24, 2.45) is 11.8 Å². The fourth-order valence-electron chi connectivity index (χ4n) is 2.58. The summed E-state index contributed by atoms with van der Waals surface area (Å²) in [6.07, 6.45) is 4.48. The average Bonchev–Trinajstić information content (AvgIpc) is 2.48. The van der Waals surface area contributed by atoms with E-state index in [-0.39, 0.29) is 17.6 Å². The molecule has 0 aliphatic heterocycles. The van der Waals surface area contributed by atoms with Gasteiger partial charge in [-0.1, -0.05) is 13.0 Å². The Hall–Kier alpha value is -1.84. The summed E-state index contributed by atoms with van der Waals surface area (Å²) in [5, 5.41) is 0. The molecule has 4 heteroatoms. The van der Waals surface area contributed by atoms with E-state index in [2.05, 4.69) is 6.92 Å². The van der Waals surface area contributed by atoms with Crippen molar-refractivity contribution in [2.45, 2.75) is 32.6 Å². The van der Waals surface area contributed by atoms with Gasteiger partial charge in [0.2, 0.25) is 0 Å². The second kappa shape index (κ2) is 6.55. The van der Waals surface area contributed by atoms with Crippen LogP contribution in [0.3, 0.4) is 0 Å². The van der Waals surface area contributed by atoms with Gasteiger partial charge in [-0.2, -0.15) is 0 Å². The van der Waals surface area contributed by atoms with Crippen LogP contribution in [0.1, 0.15) is 43.0 Å². The van der Waals surface area contributed by atoms with Crippen molar-refractivity contribution < 1.29 is 19.1 Å². The highest BCUT2D eigenvalue weighted by Gasteiger charge is 2.27. The second-order valence-corrected chi connectivity index (χ2v) is 5.37. The average molecular weight is 276 g/mol. The number of esters is 1. The minimum atomic E-state index is -0.260. The molecular weight excluding hydrogens is 256 g/mol. The topological polar surface area (TPSA) is 52.6 Å². The lowest BCUT2D eigenvalue weighted by Crippen LogP contribution is -2.25. The zero-order valence-corrected chi connectivity index (χ0v) is 11.9. The number of benzene rings is 1. The van der Waals surface area contributed by atoms with Crippen molar-refractivity contribution in [1.29, 1.82) is 0 Å². The van der Waals surface area contributed by atoms with Crippen LogP contribution in [0.2, 0.25) is 0 Å². The van der Waals surface area contributed by atoms with Gasteiger partial charge in [0.05, 0.1) is 18.6 Å². The summed E-state index contributed by atoms with van der Waals surface area (Å²) in [4.78, 5) is 23.3. The maximum Gasteiger partial charge on any atom is 0.314 e. The van der Waals surface area contributed by atoms with Crippen molar-refractivity contribution in [2.75, 3.05) is 7.11 Å². The Morgan fingerprint density at radius 3 is 2.55 bits per heavy atom. The van der Waals surface area contributed by atoms with Gasteiger partial charge < -0.3 is 9.47 Å². The number of hydrogen-bond acceptors (Lipinski definition) is 4. The van der Waals surface area contributed by atoms with E-state index in [4.69, 9.17) is 9.47 Å². The first-order valence-corrected chi connectivity index (χ1v) is 6.99. The van der Waals surface area contributed by atoms with E-state index < -0.39 is 0 Å². The quantitative estimate of drug-likeness (QED) is 0.481. The van der Waals surface area contributed by atoms with E-state index in [0.29, 0.717) is 23.5 Å². The van der Waals surface area contributed by atoms with Crippen LogP contribution in [0, 0.1) is 11.8 Å². The van der Waals surface area contributed by atoms with E-state index in [9.17, 15) is 9.59 Å². The maximum atomic E-state index is 12.2. The molecule has 0 N–H and O–H groups in total. The van der Waals surface area contributed by atoms with E-state index in [0.717, 1.165) is 25.7 Å². The van der Waals surface area contributed by atoms with Gasteiger partial charge in [0.1, 0.15) is 0 Å². The van der Waals surface area contributed by atoms with Crippen molar-refractivity contribution in [3.8, 4) is 11.5 Å². The van der Waals surface area contributed by atoms with Gasteiger partial charge in [-0.05, 0) is 43.7 Å². The number of carbonyl (C=O) groups is 2. The first-order chi connectivity index (χ1) is 9.65. The normalized spacial score (nSPS) is 22.1. The van der Waals surface area contributed by atoms with Gasteiger partial charge in [0, 0.05) is 0 Å². The Kier molecular flexibility index (Phi) is 4.77. The molecule has 1 aliphatic rings. The Morgan fingerprint density at radius 1 is 1.25 bits per heavy atom. The summed E-state index contributed by atoms with van der Waals surface area (Å²) in [6.45, 7) is 2.20. The predicted octanol–water partition coefficient (Wildman–Crippen LogP) is 3.24. The first-order valence-electron chi connectivity index (χ1n) is 6.99. The first kappa shape index (κ1) is 14.6. The standard InChI is InChI=1S/C16H20O4/c1-11-6-8-12(9-7-11)16(18)20-15-13(10-17)4-3-5-14(15)19-2/h3-5,10-12H,6-9H2,1-2H3. The molecule has 0 aromatic heterocycles. The molecule has 0 heterocycles. The van der Waals surface area contributed by atoms with E-state index >= 15 is 0 Å². The lowest BCUT2D eigenvalue weighted by Gasteiger charge is -2.24. The molecule has 0 bridgehead atoms. The van der Waals surface area contributed by atoms with Gasteiger partial charge >= 0.3 is 5.97 Å². The van der Waals surface area contributed by atoms with Crippen LogP contribution in [0.15, 0.2) is 18.2 Å². The zero-order valence-electron chi connectivity index (χ0n) is 11.9. The highest BCUT2D eigenvalue weighted by atomic mass is 16.6. The monoisotopic (exact) mass is 276 g/mol. The van der Waals surface area contributed by atoms with E-state index in [1.165, 1.54) is 7.11 Å². The van der Waals surface area contributed by atoms with Gasteiger partial charge in [-0.15, -0.1) is 0 Å². The highest BCUT2D eigenvalue weighted by molar-refractivity contribution is 5.85. The van der Waals surface area contributed by atoms with Crippen LogP contribution >= 0.6 is 0 Å². The molecule has 1 aromatic rings. The maximum absolute atomic E-state index is 12.2. The lowest BCUT2D eigenvalue weighted by atomic mass is 9.83. The van der Waals surface area contributed by atoms with Crippen LogP contribution < -0.4 is 9.47 Å². The fourth-order valence-corrected chi connectivity index (χ4v) is 2.58. The molecular formula is C16H20O4. The Labute approximate surface area is 119 Å². The molecule has 2 rings (SSSR count). The summed E-state index contributed by atoms with van der Waals surface area (Å²) in [5.41, 5.74) is 0.335. The highest BCUT2D eigenvalue weighted by Crippen LogP contribution is 2.33. The summed E-state index contributed by atoms with van der Waals surface area (Å²) in [6, 6.07) is 4.99. The zero-order chi connectivity index (χ0) is 14.5. The molecule has 1 fully saturated rings. The number of ether oxygens (including phenoxy) is 2. The minimum absolute atomic E-state index is 0.0735. The van der Waals surface area contributed by atoms with Crippen molar-refractivity contribution in [3.05, 3.63) is 23.8 Å². The Bertz CT molecular complexity index is 487. The fraction of sp³-hybridized carbons (Fsp3) is 0.500. The predicted molar refractivity (Wildman–Crippen MR) is 75.1 cm³/mol. The largest absolute Gasteiger partial charge is 0.493 e. The van der Waals surface area contributed by atoms with Crippen LogP contribution in [0.5, 0.6) is 11.5 Å². The van der Waals surface area contributed by atoms with Crippen LogP contribution in [0.25, 0.3) is 0 Å². The van der Waals surface area contributed by atoms with Crippen LogP contribution in [0.4, 0.5) is 0 Å². The van der Waals surface area contributed by atoms with Gasteiger partial charge in [0.15, 0.2) is 17.8 Å². The van der Waals surface area contributed by atoms with Crippen molar-refractivity contribution in [3.63, 3.8) is 0 Å². The van der Waals surface area contributed by atoms with Crippen molar-refractivity contribution in [1.82, 2.24) is 0 Å². The molecule has 0 unspecified atom stereocenters. The molecule has 0 amide bonds. The number of aldehydes is 1. The molecule has 1 aliphatic carbocycles. The van der Waals surface area contributed by atoms with Gasteiger partial charge in [-0.25, -0.2) is 0 Å². The number of hydrogen-bond donors (Lipinski definition) is 0. The molecule has 4 nitrogen and oxygen atoms in total. The SMILES string of the molecule is COc1cccc(C=O)c1OC(=O)C1CCC(C)CC1. The van der Waals surface area contributed by atoms with Crippen molar-refractivity contribution >= 4 is 12.3 Å². The molecule has 108 valence electrons. The molecule has 0 atom stereocenters. The summed E-state index contributed by atoms with van der Waals surface area (Å²) in [5.74, 6) is 0.983. The summed E-state index contributed by atoms with van der Waals surface area (Å²) >= 11 is 0. The molecule has 20 heavy (non-hydrogen) atoms. The number of rotatable bonds is 4. The molecule has 0 radical (unpaired) electrons. The Morgan fingerprint density at radius 2 is 1.95 bits per heavy atom. The number of para-hydroxylation sites is 1. The third-order valence-corrected chi connectivity index (χ3v) is 3.91. The van der Waals surface area contributed by atoms with Crippen LogP contribution in [-0.2, 0) is 4.79 Å². The third kappa shape index (κ3) is 3.18. The molecule has 0 saturated heterocycles. The third-order valence-electron chi connectivity index (χ3n) is 3.91. The smallest absolute Gasteiger partial charge is 0.314 e.